The van der Waals surface area contributed by atoms with Crippen molar-refractivity contribution in [3.05, 3.63) is 61.1 Å². The van der Waals surface area contributed by atoms with Gasteiger partial charge in [0.05, 0.1) is 11.9 Å². The minimum Gasteiger partial charge on any atom is -0.497 e. The van der Waals surface area contributed by atoms with Crippen molar-refractivity contribution in [2.75, 3.05) is 7.11 Å². The van der Waals surface area contributed by atoms with Crippen molar-refractivity contribution in [3.63, 3.8) is 0 Å². The van der Waals surface area contributed by atoms with Gasteiger partial charge in [-0.05, 0) is 46.4 Å². The zero-order valence-electron chi connectivity index (χ0n) is 10.3. The van der Waals surface area contributed by atoms with Crippen LogP contribution in [0.5, 0.6) is 5.75 Å². The average molecular weight is 518 g/mol. The van der Waals surface area contributed by atoms with Crippen molar-refractivity contribution in [2.45, 2.75) is 4.83 Å². The predicted octanol–water partition coefficient (Wildman–Crippen LogP) is 5.82. The molecule has 0 aromatic heterocycles. The summed E-state index contributed by atoms with van der Waals surface area (Å²) in [4.78, 5) is -0.586. The van der Waals surface area contributed by atoms with Gasteiger partial charge in [-0.25, -0.2) is 8.78 Å². The normalized spacial score (nSPS) is 12.3. The SMILES string of the molecule is COc1cc(F)c(C(Br)c2cc(I)ccc2Br)c(F)c1. The molecule has 20 heavy (non-hydrogen) atoms. The molecule has 0 aliphatic rings. The Morgan fingerprint density at radius 2 is 1.75 bits per heavy atom. The largest absolute Gasteiger partial charge is 0.497 e. The lowest BCUT2D eigenvalue weighted by Gasteiger charge is -2.15. The minimum atomic E-state index is -0.644. The fourth-order valence-corrected chi connectivity index (χ4v) is 3.90. The van der Waals surface area contributed by atoms with Gasteiger partial charge in [-0.2, -0.15) is 0 Å². The van der Waals surface area contributed by atoms with E-state index in [1.165, 1.54) is 19.2 Å². The van der Waals surface area contributed by atoms with E-state index in [9.17, 15) is 8.78 Å². The number of benzene rings is 2. The molecule has 0 bridgehead atoms. The molecule has 0 aliphatic carbocycles. The Balaban J connectivity index is 2.53. The standard InChI is InChI=1S/C14H9Br2F2IO/c1-20-8-5-11(17)13(12(18)6-8)14(16)9-4-7(19)2-3-10(9)15/h2-6,14H,1H3. The first-order valence-electron chi connectivity index (χ1n) is 5.56. The Kier molecular flexibility index (Phi) is 5.42. The Morgan fingerprint density at radius 3 is 2.30 bits per heavy atom. The van der Waals surface area contributed by atoms with Gasteiger partial charge in [0.15, 0.2) is 0 Å². The minimum absolute atomic E-state index is 0.0338. The predicted molar refractivity (Wildman–Crippen MR) is 90.5 cm³/mol. The Morgan fingerprint density at radius 1 is 1.15 bits per heavy atom. The third kappa shape index (κ3) is 3.33. The monoisotopic (exact) mass is 516 g/mol. The summed E-state index contributed by atoms with van der Waals surface area (Å²) < 4.78 is 34.8. The van der Waals surface area contributed by atoms with E-state index in [1.807, 2.05) is 18.2 Å². The van der Waals surface area contributed by atoms with Crippen LogP contribution in [0.3, 0.4) is 0 Å². The van der Waals surface area contributed by atoms with E-state index in [0.29, 0.717) is 0 Å². The summed E-state index contributed by atoms with van der Waals surface area (Å²) in [6.45, 7) is 0. The van der Waals surface area contributed by atoms with Crippen molar-refractivity contribution in [3.8, 4) is 5.75 Å². The Hall–Kier alpha value is -0.210. The number of ether oxygens (including phenoxy) is 1. The molecule has 2 rings (SSSR count). The molecule has 1 atom stereocenters. The van der Waals surface area contributed by atoms with Gasteiger partial charge in [-0.15, -0.1) is 0 Å². The molecular weight excluding hydrogens is 509 g/mol. The molecular formula is C14H9Br2F2IO. The summed E-state index contributed by atoms with van der Waals surface area (Å²) in [5.41, 5.74) is 0.730. The van der Waals surface area contributed by atoms with Crippen LogP contribution in [0.25, 0.3) is 0 Å². The quantitative estimate of drug-likeness (QED) is 0.368. The lowest BCUT2D eigenvalue weighted by molar-refractivity contribution is 0.405. The number of methoxy groups -OCH3 is 1. The highest BCUT2D eigenvalue weighted by molar-refractivity contribution is 14.1. The Labute approximate surface area is 146 Å². The van der Waals surface area contributed by atoms with Crippen LogP contribution in [-0.4, -0.2) is 7.11 Å². The molecule has 0 amide bonds. The van der Waals surface area contributed by atoms with Crippen molar-refractivity contribution in [1.29, 1.82) is 0 Å². The van der Waals surface area contributed by atoms with Crippen molar-refractivity contribution in [2.24, 2.45) is 0 Å². The molecule has 0 saturated heterocycles. The molecule has 1 unspecified atom stereocenters. The first-order chi connectivity index (χ1) is 9.43. The second-order valence-electron chi connectivity index (χ2n) is 4.03. The smallest absolute Gasteiger partial charge is 0.134 e. The lowest BCUT2D eigenvalue weighted by Crippen LogP contribution is -2.03. The lowest BCUT2D eigenvalue weighted by atomic mass is 10.0. The summed E-state index contributed by atoms with van der Waals surface area (Å²) in [5, 5.41) is 0. The van der Waals surface area contributed by atoms with E-state index < -0.39 is 16.5 Å². The maximum absolute atomic E-state index is 14.1. The highest BCUT2D eigenvalue weighted by Gasteiger charge is 2.22. The van der Waals surface area contributed by atoms with E-state index in [4.69, 9.17) is 4.74 Å². The molecule has 0 spiro atoms. The summed E-state index contributed by atoms with van der Waals surface area (Å²) >= 11 is 8.93. The van der Waals surface area contributed by atoms with E-state index in [1.54, 1.807) is 0 Å². The fourth-order valence-electron chi connectivity index (χ4n) is 1.79. The third-order valence-electron chi connectivity index (χ3n) is 2.77. The molecule has 6 heteroatoms. The van der Waals surface area contributed by atoms with E-state index in [-0.39, 0.29) is 11.3 Å². The zero-order chi connectivity index (χ0) is 14.9. The molecule has 2 aromatic rings. The number of halogens is 5. The van der Waals surface area contributed by atoms with Crippen LogP contribution in [-0.2, 0) is 0 Å². The van der Waals surface area contributed by atoms with E-state index in [2.05, 4.69) is 54.5 Å². The molecule has 2 aromatic carbocycles. The van der Waals surface area contributed by atoms with Gasteiger partial charge in [0.1, 0.15) is 17.4 Å². The van der Waals surface area contributed by atoms with Crippen LogP contribution < -0.4 is 4.74 Å². The van der Waals surface area contributed by atoms with Gasteiger partial charge < -0.3 is 4.74 Å². The molecule has 0 radical (unpaired) electrons. The second-order valence-corrected chi connectivity index (χ2v) is 7.05. The number of hydrogen-bond donors (Lipinski definition) is 0. The van der Waals surface area contributed by atoms with Crippen molar-refractivity contribution < 1.29 is 13.5 Å². The molecule has 0 fully saturated rings. The van der Waals surface area contributed by atoms with Gasteiger partial charge >= 0.3 is 0 Å². The molecule has 0 N–H and O–H groups in total. The molecule has 0 aliphatic heterocycles. The number of alkyl halides is 1. The topological polar surface area (TPSA) is 9.23 Å². The van der Waals surface area contributed by atoms with Gasteiger partial charge in [0.2, 0.25) is 0 Å². The van der Waals surface area contributed by atoms with E-state index in [0.717, 1.165) is 13.6 Å². The van der Waals surface area contributed by atoms with Gasteiger partial charge in [-0.3, -0.25) is 0 Å². The first-order valence-corrected chi connectivity index (χ1v) is 8.34. The van der Waals surface area contributed by atoms with Crippen molar-refractivity contribution >= 4 is 54.5 Å². The maximum atomic E-state index is 14.1. The van der Waals surface area contributed by atoms with Gasteiger partial charge in [-0.1, -0.05) is 31.9 Å². The summed E-state index contributed by atoms with van der Waals surface area (Å²) in [6, 6.07) is 7.98. The second kappa shape index (κ2) is 6.70. The summed E-state index contributed by atoms with van der Waals surface area (Å²) in [7, 11) is 1.37. The fraction of sp³-hybridized carbons (Fsp3) is 0.143. The highest BCUT2D eigenvalue weighted by atomic mass is 127. The van der Waals surface area contributed by atoms with Crippen LogP contribution >= 0.6 is 54.5 Å². The molecule has 0 saturated carbocycles. The van der Waals surface area contributed by atoms with Crippen LogP contribution in [0.1, 0.15) is 16.0 Å². The third-order valence-corrected chi connectivity index (χ3v) is 5.12. The van der Waals surface area contributed by atoms with Gasteiger partial charge in [0, 0.05) is 25.7 Å². The molecule has 106 valence electrons. The van der Waals surface area contributed by atoms with Crippen molar-refractivity contribution in [1.82, 2.24) is 0 Å². The van der Waals surface area contributed by atoms with Gasteiger partial charge in [0.25, 0.3) is 0 Å². The van der Waals surface area contributed by atoms with Crippen LogP contribution in [0, 0.1) is 15.2 Å². The van der Waals surface area contributed by atoms with Crippen LogP contribution in [0.15, 0.2) is 34.8 Å². The van der Waals surface area contributed by atoms with Crippen LogP contribution in [0.2, 0.25) is 0 Å². The zero-order valence-corrected chi connectivity index (χ0v) is 15.6. The van der Waals surface area contributed by atoms with Crippen LogP contribution in [0.4, 0.5) is 8.78 Å². The van der Waals surface area contributed by atoms with E-state index >= 15 is 0 Å². The Bertz CT molecular complexity index is 626. The highest BCUT2D eigenvalue weighted by Crippen LogP contribution is 2.39. The molecule has 1 nitrogen and oxygen atoms in total. The summed E-state index contributed by atoms with van der Waals surface area (Å²) in [6.07, 6.45) is 0. The number of rotatable bonds is 3. The molecule has 0 heterocycles. The average Bonchev–Trinajstić information content (AvgIpc) is 2.40. The summed E-state index contributed by atoms with van der Waals surface area (Å²) in [5.74, 6) is -1.13. The maximum Gasteiger partial charge on any atom is 0.134 e. The first kappa shape index (κ1) is 16.2. The number of hydrogen-bond acceptors (Lipinski definition) is 1.